The van der Waals surface area contributed by atoms with E-state index in [4.69, 9.17) is 9.47 Å². The summed E-state index contributed by atoms with van der Waals surface area (Å²) in [6.45, 7) is 7.47. The summed E-state index contributed by atoms with van der Waals surface area (Å²) in [4.78, 5) is 13.0. The van der Waals surface area contributed by atoms with E-state index >= 15 is 0 Å². The summed E-state index contributed by atoms with van der Waals surface area (Å²) in [5, 5.41) is 3.00. The van der Waals surface area contributed by atoms with Gasteiger partial charge in [0.15, 0.2) is 0 Å². The number of sulfonamides is 1. The number of aryl methyl sites for hydroxylation is 2. The first-order valence-corrected chi connectivity index (χ1v) is 12.0. The summed E-state index contributed by atoms with van der Waals surface area (Å²) in [5.74, 6) is 0.933. The van der Waals surface area contributed by atoms with Gasteiger partial charge in [0, 0.05) is 18.1 Å². The van der Waals surface area contributed by atoms with Crippen LogP contribution in [0, 0.1) is 13.8 Å². The van der Waals surface area contributed by atoms with Crippen LogP contribution in [0.1, 0.15) is 43.0 Å². The van der Waals surface area contributed by atoms with Gasteiger partial charge < -0.3 is 14.8 Å². The number of methoxy groups -OCH3 is 1. The van der Waals surface area contributed by atoms with Crippen LogP contribution in [0.3, 0.4) is 0 Å². The van der Waals surface area contributed by atoms with Crippen molar-refractivity contribution < 1.29 is 22.7 Å². The Morgan fingerprint density at radius 1 is 1.19 bits per heavy atom. The third kappa shape index (κ3) is 5.31. The fourth-order valence-corrected chi connectivity index (χ4v) is 4.59. The molecule has 0 aliphatic carbocycles. The van der Waals surface area contributed by atoms with E-state index in [0.717, 1.165) is 27.3 Å². The first kappa shape index (κ1) is 22.9. The van der Waals surface area contributed by atoms with Gasteiger partial charge in [0.1, 0.15) is 23.6 Å². The molecule has 0 radical (unpaired) electrons. The van der Waals surface area contributed by atoms with Gasteiger partial charge >= 0.3 is 0 Å². The number of benzene rings is 2. The third-order valence-electron chi connectivity index (χ3n) is 5.48. The van der Waals surface area contributed by atoms with Crippen molar-refractivity contribution in [1.82, 2.24) is 5.32 Å². The number of carbonyl (C=O) groups is 1. The Kier molecular flexibility index (Phi) is 6.23. The van der Waals surface area contributed by atoms with Crippen molar-refractivity contribution in [2.75, 3.05) is 24.2 Å². The molecule has 2 aromatic rings. The number of rotatable bonds is 6. The predicted molar refractivity (Wildman–Crippen MR) is 121 cm³/mol. The predicted octanol–water partition coefficient (Wildman–Crippen LogP) is 3.50. The molecule has 0 unspecified atom stereocenters. The molecule has 0 saturated heterocycles. The maximum atomic E-state index is 13.0. The second-order valence-corrected chi connectivity index (χ2v) is 10.5. The number of hydrogen-bond donors (Lipinski definition) is 1. The molecule has 7 nitrogen and oxygen atoms in total. The van der Waals surface area contributed by atoms with E-state index in [1.54, 1.807) is 25.3 Å². The van der Waals surface area contributed by atoms with Crippen LogP contribution in [-0.4, -0.2) is 39.8 Å². The summed E-state index contributed by atoms with van der Waals surface area (Å²) in [6, 6.07) is 10.5. The molecule has 31 heavy (non-hydrogen) atoms. The Hall–Kier alpha value is -2.74. The zero-order valence-electron chi connectivity index (χ0n) is 18.9. The molecule has 1 amide bonds. The van der Waals surface area contributed by atoms with E-state index in [0.29, 0.717) is 23.6 Å². The molecule has 2 aromatic carbocycles. The SMILES string of the molecule is COc1ccc2c(c1)OC(C)(C)C[C@H]2NC(=O)CN(c1ccc(C)c(C)c1)S(C)(=O)=O. The number of amides is 1. The normalized spacial score (nSPS) is 17.3. The lowest BCUT2D eigenvalue weighted by Gasteiger charge is -2.38. The van der Waals surface area contributed by atoms with Crippen molar-refractivity contribution in [3.05, 3.63) is 53.1 Å². The Morgan fingerprint density at radius 2 is 1.90 bits per heavy atom. The minimum absolute atomic E-state index is 0.301. The fourth-order valence-electron chi connectivity index (χ4n) is 3.74. The second-order valence-electron chi connectivity index (χ2n) is 8.63. The molecular weight excluding hydrogens is 416 g/mol. The zero-order chi connectivity index (χ0) is 23.0. The summed E-state index contributed by atoms with van der Waals surface area (Å²) in [7, 11) is -2.06. The van der Waals surface area contributed by atoms with E-state index in [2.05, 4.69) is 5.32 Å². The van der Waals surface area contributed by atoms with Gasteiger partial charge in [-0.25, -0.2) is 8.42 Å². The van der Waals surface area contributed by atoms with Crippen LogP contribution in [0.4, 0.5) is 5.69 Å². The van der Waals surface area contributed by atoms with Crippen molar-refractivity contribution >= 4 is 21.6 Å². The number of ether oxygens (including phenoxy) is 2. The molecule has 168 valence electrons. The molecule has 0 saturated carbocycles. The molecule has 0 fully saturated rings. The topological polar surface area (TPSA) is 84.9 Å². The minimum Gasteiger partial charge on any atom is -0.497 e. The van der Waals surface area contributed by atoms with Gasteiger partial charge in [0.05, 0.1) is 25.1 Å². The monoisotopic (exact) mass is 446 g/mol. The Balaban J connectivity index is 1.85. The van der Waals surface area contributed by atoms with Crippen molar-refractivity contribution in [2.24, 2.45) is 0 Å². The van der Waals surface area contributed by atoms with Gasteiger partial charge in [-0.3, -0.25) is 9.10 Å². The maximum absolute atomic E-state index is 13.0. The third-order valence-corrected chi connectivity index (χ3v) is 6.62. The lowest BCUT2D eigenvalue weighted by molar-refractivity contribution is -0.120. The number of nitrogens with one attached hydrogen (secondary N) is 1. The van der Waals surface area contributed by atoms with Crippen molar-refractivity contribution in [3.8, 4) is 11.5 Å². The van der Waals surface area contributed by atoms with Gasteiger partial charge in [0.25, 0.3) is 0 Å². The average molecular weight is 447 g/mol. The molecule has 8 heteroatoms. The van der Waals surface area contributed by atoms with Crippen LogP contribution >= 0.6 is 0 Å². The van der Waals surface area contributed by atoms with Crippen LogP contribution in [0.25, 0.3) is 0 Å². The molecule has 3 rings (SSSR count). The number of hydrogen-bond acceptors (Lipinski definition) is 5. The van der Waals surface area contributed by atoms with Gasteiger partial charge in [-0.15, -0.1) is 0 Å². The number of fused-ring (bicyclic) bond motifs is 1. The first-order chi connectivity index (χ1) is 14.4. The molecule has 1 atom stereocenters. The van der Waals surface area contributed by atoms with Crippen molar-refractivity contribution in [3.63, 3.8) is 0 Å². The van der Waals surface area contributed by atoms with E-state index in [9.17, 15) is 13.2 Å². The Bertz CT molecular complexity index is 1100. The standard InChI is InChI=1S/C23H30N2O5S/c1-15-7-8-17(11-16(15)2)25(31(6,27)28)14-22(26)24-20-13-23(3,4)30-21-12-18(29-5)9-10-19(20)21/h7-12,20H,13-14H2,1-6H3,(H,24,26)/t20-/m1/s1. The highest BCUT2D eigenvalue weighted by atomic mass is 32.2. The van der Waals surface area contributed by atoms with Crippen LogP contribution in [0.15, 0.2) is 36.4 Å². The summed E-state index contributed by atoms with van der Waals surface area (Å²) in [5.41, 5.74) is 2.82. The molecule has 1 aliphatic heterocycles. The number of anilines is 1. The smallest absolute Gasteiger partial charge is 0.241 e. The number of nitrogens with zero attached hydrogens (tertiary/aromatic N) is 1. The van der Waals surface area contributed by atoms with E-state index in [1.165, 1.54) is 0 Å². The van der Waals surface area contributed by atoms with Gasteiger partial charge in [0.2, 0.25) is 15.9 Å². The summed E-state index contributed by atoms with van der Waals surface area (Å²) < 4.78 is 37.4. The Morgan fingerprint density at radius 3 is 2.52 bits per heavy atom. The van der Waals surface area contributed by atoms with E-state index in [-0.39, 0.29) is 18.5 Å². The quantitative estimate of drug-likeness (QED) is 0.734. The van der Waals surface area contributed by atoms with Gasteiger partial charge in [-0.05, 0) is 63.1 Å². The second kappa shape index (κ2) is 8.42. The fraction of sp³-hybridized carbons (Fsp3) is 0.435. The summed E-state index contributed by atoms with van der Waals surface area (Å²) >= 11 is 0. The van der Waals surface area contributed by atoms with Crippen molar-refractivity contribution in [2.45, 2.75) is 45.8 Å². The van der Waals surface area contributed by atoms with Crippen molar-refractivity contribution in [1.29, 1.82) is 0 Å². The number of carbonyl (C=O) groups excluding carboxylic acids is 1. The van der Waals surface area contributed by atoms with Crippen LogP contribution in [0.5, 0.6) is 11.5 Å². The molecule has 1 aliphatic rings. The first-order valence-electron chi connectivity index (χ1n) is 10.1. The van der Waals surface area contributed by atoms with Crippen LogP contribution < -0.4 is 19.1 Å². The molecule has 0 spiro atoms. The highest BCUT2D eigenvalue weighted by Gasteiger charge is 2.35. The highest BCUT2D eigenvalue weighted by Crippen LogP contribution is 2.41. The average Bonchev–Trinajstić information content (AvgIpc) is 2.66. The minimum atomic E-state index is -3.64. The highest BCUT2D eigenvalue weighted by molar-refractivity contribution is 7.92. The zero-order valence-corrected chi connectivity index (χ0v) is 19.7. The lowest BCUT2D eigenvalue weighted by Crippen LogP contribution is -2.45. The van der Waals surface area contributed by atoms with Gasteiger partial charge in [-0.2, -0.15) is 0 Å². The Labute approximate surface area is 184 Å². The van der Waals surface area contributed by atoms with Crippen LogP contribution in [-0.2, 0) is 14.8 Å². The van der Waals surface area contributed by atoms with E-state index in [1.807, 2.05) is 45.9 Å². The molecule has 0 aromatic heterocycles. The van der Waals surface area contributed by atoms with Crippen LogP contribution in [0.2, 0.25) is 0 Å². The molecule has 0 bridgehead atoms. The summed E-state index contributed by atoms with van der Waals surface area (Å²) in [6.07, 6.45) is 1.66. The molecule has 1 heterocycles. The maximum Gasteiger partial charge on any atom is 0.241 e. The van der Waals surface area contributed by atoms with Gasteiger partial charge in [-0.1, -0.05) is 6.07 Å². The van der Waals surface area contributed by atoms with E-state index < -0.39 is 15.6 Å². The molecule has 1 N–H and O–H groups in total. The largest absolute Gasteiger partial charge is 0.497 e. The molecular formula is C23H30N2O5S. The lowest BCUT2D eigenvalue weighted by atomic mass is 9.89.